The molecule has 0 amide bonds. The van der Waals surface area contributed by atoms with Crippen molar-refractivity contribution in [2.24, 2.45) is 0 Å². The lowest BCUT2D eigenvalue weighted by molar-refractivity contribution is 0.0940. The van der Waals surface area contributed by atoms with Gasteiger partial charge in [-0.1, -0.05) is 0 Å². The van der Waals surface area contributed by atoms with Gasteiger partial charge in [0.05, 0.1) is 10.7 Å². The molecule has 3 nitrogen and oxygen atoms in total. The summed E-state index contributed by atoms with van der Waals surface area (Å²) in [6, 6.07) is 1.76. The summed E-state index contributed by atoms with van der Waals surface area (Å²) in [5.41, 5.74) is 0. The van der Waals surface area contributed by atoms with E-state index in [1.807, 2.05) is 0 Å². The van der Waals surface area contributed by atoms with Crippen molar-refractivity contribution in [1.29, 1.82) is 0 Å². The molecule has 68 valence electrons. The molecule has 1 aromatic heterocycles. The summed E-state index contributed by atoms with van der Waals surface area (Å²) >= 11 is 3.26. The van der Waals surface area contributed by atoms with Crippen LogP contribution in [-0.4, -0.2) is 18.8 Å². The molecule has 1 atom stereocenters. The summed E-state index contributed by atoms with van der Waals surface area (Å²) in [7, 11) is 1.60. The highest BCUT2D eigenvalue weighted by atomic mass is 79.9. The molecule has 0 aliphatic carbocycles. The molecule has 0 aromatic carbocycles. The molecule has 1 heterocycles. The summed E-state index contributed by atoms with van der Waals surface area (Å²) < 4.78 is 10.7. The Labute approximate surface area is 79.5 Å². The molecule has 1 N–H and O–H groups in total. The fourth-order valence-corrected chi connectivity index (χ4v) is 1.37. The molecule has 0 aliphatic rings. The molecule has 0 bridgehead atoms. The number of aliphatic hydroxyl groups is 1. The monoisotopic (exact) mass is 234 g/mol. The first-order chi connectivity index (χ1) is 5.75. The Bertz CT molecular complexity index is 234. The lowest BCUT2D eigenvalue weighted by Crippen LogP contribution is -2.00. The van der Waals surface area contributed by atoms with Crippen LogP contribution >= 0.6 is 15.9 Å². The van der Waals surface area contributed by atoms with Crippen LogP contribution in [0, 0.1) is 0 Å². The molecule has 0 spiro atoms. The highest BCUT2D eigenvalue weighted by Crippen LogP contribution is 2.26. The highest BCUT2D eigenvalue weighted by Gasteiger charge is 2.13. The molecular weight excluding hydrogens is 224 g/mol. The zero-order valence-corrected chi connectivity index (χ0v) is 8.37. The minimum atomic E-state index is -0.589. The lowest BCUT2D eigenvalue weighted by Gasteiger charge is -2.06. The van der Waals surface area contributed by atoms with Gasteiger partial charge in [0.1, 0.15) is 11.9 Å². The Morgan fingerprint density at radius 3 is 3.00 bits per heavy atom. The van der Waals surface area contributed by atoms with Crippen LogP contribution < -0.4 is 0 Å². The molecule has 0 aliphatic heterocycles. The van der Waals surface area contributed by atoms with E-state index in [1.165, 1.54) is 6.26 Å². The number of ether oxygens (including phenoxy) is 1. The number of aliphatic hydroxyl groups excluding tert-OH is 1. The van der Waals surface area contributed by atoms with Crippen molar-refractivity contribution in [3.05, 3.63) is 22.6 Å². The summed E-state index contributed by atoms with van der Waals surface area (Å²) in [5.74, 6) is 0.562. The van der Waals surface area contributed by atoms with Crippen LogP contribution in [0.4, 0.5) is 0 Å². The fraction of sp³-hybridized carbons (Fsp3) is 0.500. The molecule has 1 rings (SSSR count). The third-order valence-electron chi connectivity index (χ3n) is 1.54. The van der Waals surface area contributed by atoms with Gasteiger partial charge in [0.15, 0.2) is 0 Å². The van der Waals surface area contributed by atoms with Crippen LogP contribution in [0.1, 0.15) is 18.3 Å². The van der Waals surface area contributed by atoms with Crippen LogP contribution in [0.15, 0.2) is 21.2 Å². The topological polar surface area (TPSA) is 42.6 Å². The zero-order chi connectivity index (χ0) is 8.97. The van der Waals surface area contributed by atoms with E-state index in [-0.39, 0.29) is 0 Å². The van der Waals surface area contributed by atoms with Crippen molar-refractivity contribution >= 4 is 15.9 Å². The van der Waals surface area contributed by atoms with Gasteiger partial charge in [-0.2, -0.15) is 0 Å². The number of rotatable bonds is 4. The Morgan fingerprint density at radius 1 is 1.75 bits per heavy atom. The number of hydrogen-bond acceptors (Lipinski definition) is 3. The number of methoxy groups -OCH3 is 1. The second kappa shape index (κ2) is 4.64. The Kier molecular flexibility index (Phi) is 3.78. The summed E-state index contributed by atoms with van der Waals surface area (Å²) in [4.78, 5) is 0. The quantitative estimate of drug-likeness (QED) is 0.868. The first-order valence-corrected chi connectivity index (χ1v) is 4.45. The molecule has 0 radical (unpaired) electrons. The van der Waals surface area contributed by atoms with Crippen molar-refractivity contribution in [2.75, 3.05) is 13.7 Å². The highest BCUT2D eigenvalue weighted by molar-refractivity contribution is 9.10. The van der Waals surface area contributed by atoms with E-state index in [0.29, 0.717) is 18.8 Å². The standard InChI is InChI=1S/C8H11BrO3/c1-11-4-3-7(10)8-6(9)2-5-12-8/h2,5,7,10H,3-4H2,1H3. The third kappa shape index (κ3) is 2.33. The van der Waals surface area contributed by atoms with Crippen molar-refractivity contribution in [3.8, 4) is 0 Å². The number of hydrogen-bond donors (Lipinski definition) is 1. The molecule has 12 heavy (non-hydrogen) atoms. The summed E-state index contributed by atoms with van der Waals surface area (Å²) in [6.45, 7) is 0.522. The van der Waals surface area contributed by atoms with E-state index in [2.05, 4.69) is 15.9 Å². The van der Waals surface area contributed by atoms with Crippen molar-refractivity contribution in [2.45, 2.75) is 12.5 Å². The van der Waals surface area contributed by atoms with Gasteiger partial charge >= 0.3 is 0 Å². The minimum Gasteiger partial charge on any atom is -0.465 e. The van der Waals surface area contributed by atoms with E-state index in [4.69, 9.17) is 9.15 Å². The first-order valence-electron chi connectivity index (χ1n) is 3.65. The largest absolute Gasteiger partial charge is 0.465 e. The van der Waals surface area contributed by atoms with E-state index in [9.17, 15) is 5.11 Å². The molecular formula is C8H11BrO3. The fourth-order valence-electron chi connectivity index (χ4n) is 0.904. The number of halogens is 1. The normalized spacial score (nSPS) is 13.2. The Hall–Kier alpha value is -0.320. The molecule has 0 saturated heterocycles. The van der Waals surface area contributed by atoms with Gasteiger partial charge in [0.2, 0.25) is 0 Å². The van der Waals surface area contributed by atoms with Crippen LogP contribution in [0.3, 0.4) is 0 Å². The van der Waals surface area contributed by atoms with E-state index in [1.54, 1.807) is 13.2 Å². The Morgan fingerprint density at radius 2 is 2.50 bits per heavy atom. The maximum atomic E-state index is 9.52. The van der Waals surface area contributed by atoms with Crippen molar-refractivity contribution in [1.82, 2.24) is 0 Å². The van der Waals surface area contributed by atoms with Gasteiger partial charge in [-0.15, -0.1) is 0 Å². The minimum absolute atomic E-state index is 0.522. The number of furan rings is 1. The lowest BCUT2D eigenvalue weighted by atomic mass is 10.2. The Balaban J connectivity index is 2.52. The molecule has 4 heteroatoms. The van der Waals surface area contributed by atoms with Crippen molar-refractivity contribution < 1.29 is 14.3 Å². The second-order valence-electron chi connectivity index (χ2n) is 2.43. The van der Waals surface area contributed by atoms with E-state index >= 15 is 0 Å². The average molecular weight is 235 g/mol. The van der Waals surface area contributed by atoms with Gasteiger partial charge in [-0.3, -0.25) is 0 Å². The molecule has 1 unspecified atom stereocenters. The van der Waals surface area contributed by atoms with Crippen LogP contribution in [0.2, 0.25) is 0 Å². The SMILES string of the molecule is COCCC(O)c1occc1Br. The van der Waals surface area contributed by atoms with Gasteiger partial charge in [-0.25, -0.2) is 0 Å². The van der Waals surface area contributed by atoms with Crippen LogP contribution in [0.5, 0.6) is 0 Å². The van der Waals surface area contributed by atoms with Gasteiger partial charge < -0.3 is 14.3 Å². The maximum Gasteiger partial charge on any atom is 0.146 e. The maximum absolute atomic E-state index is 9.52. The molecule has 0 fully saturated rings. The zero-order valence-electron chi connectivity index (χ0n) is 6.79. The summed E-state index contributed by atoms with van der Waals surface area (Å²) in [6.07, 6.45) is 1.49. The van der Waals surface area contributed by atoms with Crippen molar-refractivity contribution in [3.63, 3.8) is 0 Å². The average Bonchev–Trinajstić information content (AvgIpc) is 2.47. The van der Waals surface area contributed by atoms with Crippen LogP contribution in [0.25, 0.3) is 0 Å². The summed E-state index contributed by atoms with van der Waals surface area (Å²) in [5, 5.41) is 9.52. The van der Waals surface area contributed by atoms with E-state index < -0.39 is 6.10 Å². The molecule has 1 aromatic rings. The predicted molar refractivity (Wildman–Crippen MR) is 47.9 cm³/mol. The van der Waals surface area contributed by atoms with Gasteiger partial charge in [0.25, 0.3) is 0 Å². The predicted octanol–water partition coefficient (Wildman–Crippen LogP) is 2.11. The van der Waals surface area contributed by atoms with E-state index in [0.717, 1.165) is 4.47 Å². The van der Waals surface area contributed by atoms with Crippen LogP contribution in [-0.2, 0) is 4.74 Å². The second-order valence-corrected chi connectivity index (χ2v) is 3.28. The first kappa shape index (κ1) is 9.77. The van der Waals surface area contributed by atoms with Gasteiger partial charge in [-0.05, 0) is 22.0 Å². The smallest absolute Gasteiger partial charge is 0.146 e. The molecule has 0 saturated carbocycles. The third-order valence-corrected chi connectivity index (χ3v) is 2.20. The van der Waals surface area contributed by atoms with Gasteiger partial charge in [0, 0.05) is 20.1 Å².